The number of nitrogens with one attached hydrogen (secondary N) is 1. The highest BCUT2D eigenvalue weighted by molar-refractivity contribution is 5.38. The highest BCUT2D eigenvalue weighted by atomic mass is 15.3. The van der Waals surface area contributed by atoms with E-state index in [9.17, 15) is 0 Å². The lowest BCUT2D eigenvalue weighted by Crippen LogP contribution is -2.25. The van der Waals surface area contributed by atoms with Crippen LogP contribution in [0, 0.1) is 12.3 Å². The lowest BCUT2D eigenvalue weighted by atomic mass is 10.3. The van der Waals surface area contributed by atoms with Crippen molar-refractivity contribution in [2.24, 2.45) is 0 Å². The Morgan fingerprint density at radius 2 is 2.18 bits per heavy atom. The summed E-state index contributed by atoms with van der Waals surface area (Å²) in [6, 6.07) is 3.97. The monoisotopic (exact) mass is 232 g/mol. The van der Waals surface area contributed by atoms with Crippen molar-refractivity contribution in [1.29, 1.82) is 0 Å². The van der Waals surface area contributed by atoms with Gasteiger partial charge in [0.25, 0.3) is 0 Å². The van der Waals surface area contributed by atoms with Crippen LogP contribution in [0.25, 0.3) is 0 Å². The van der Waals surface area contributed by atoms with Gasteiger partial charge in [-0.1, -0.05) is 19.8 Å². The third kappa shape index (κ3) is 4.41. The molecule has 0 amide bonds. The molecule has 0 radical (unpaired) electrons. The minimum atomic E-state index is 0.578. The van der Waals surface area contributed by atoms with Crippen molar-refractivity contribution in [2.45, 2.75) is 26.8 Å². The predicted octanol–water partition coefficient (Wildman–Crippen LogP) is 1.44. The minimum Gasteiger partial charge on any atom is -0.344 e. The molecule has 0 aromatic carbocycles. The standard InChI is InChI=1S/C13H20N4/c1-4-9-17(10-5-2)13-8-7-12(15-16-13)11-14-6-3/h1,7-8,14H,5-6,9-11H2,2-3H3. The van der Waals surface area contributed by atoms with Gasteiger partial charge in [-0.3, -0.25) is 0 Å². The molecule has 0 unspecified atom stereocenters. The Morgan fingerprint density at radius 1 is 1.35 bits per heavy atom. The predicted molar refractivity (Wildman–Crippen MR) is 70.7 cm³/mol. The molecule has 0 aliphatic carbocycles. The van der Waals surface area contributed by atoms with E-state index in [4.69, 9.17) is 6.42 Å². The number of anilines is 1. The zero-order chi connectivity index (χ0) is 12.5. The molecule has 0 fully saturated rings. The van der Waals surface area contributed by atoms with Gasteiger partial charge in [0.1, 0.15) is 0 Å². The zero-order valence-corrected chi connectivity index (χ0v) is 10.6. The van der Waals surface area contributed by atoms with E-state index >= 15 is 0 Å². The Hall–Kier alpha value is -1.60. The van der Waals surface area contributed by atoms with Crippen LogP contribution < -0.4 is 10.2 Å². The van der Waals surface area contributed by atoms with Crippen LogP contribution in [-0.2, 0) is 6.54 Å². The summed E-state index contributed by atoms with van der Waals surface area (Å²) in [5.41, 5.74) is 0.952. The van der Waals surface area contributed by atoms with Crippen LogP contribution in [0.4, 0.5) is 5.82 Å². The van der Waals surface area contributed by atoms with Crippen LogP contribution in [0.15, 0.2) is 12.1 Å². The van der Waals surface area contributed by atoms with E-state index in [1.807, 2.05) is 12.1 Å². The topological polar surface area (TPSA) is 41.0 Å². The summed E-state index contributed by atoms with van der Waals surface area (Å²) in [7, 11) is 0. The molecule has 0 atom stereocenters. The fourth-order valence-corrected chi connectivity index (χ4v) is 1.52. The van der Waals surface area contributed by atoms with Crippen LogP contribution in [0.2, 0.25) is 0 Å². The summed E-state index contributed by atoms with van der Waals surface area (Å²) in [5.74, 6) is 3.50. The van der Waals surface area contributed by atoms with E-state index in [1.165, 1.54) is 0 Å². The van der Waals surface area contributed by atoms with E-state index in [0.29, 0.717) is 6.54 Å². The van der Waals surface area contributed by atoms with Gasteiger partial charge < -0.3 is 10.2 Å². The quantitative estimate of drug-likeness (QED) is 0.722. The summed E-state index contributed by atoms with van der Waals surface area (Å²) < 4.78 is 0. The minimum absolute atomic E-state index is 0.578. The van der Waals surface area contributed by atoms with E-state index in [2.05, 4.69) is 40.2 Å². The summed E-state index contributed by atoms with van der Waals surface area (Å²) in [5, 5.41) is 11.6. The van der Waals surface area contributed by atoms with E-state index in [-0.39, 0.29) is 0 Å². The lowest BCUT2D eigenvalue weighted by Gasteiger charge is -2.19. The second-order valence-corrected chi connectivity index (χ2v) is 3.79. The Bertz CT molecular complexity index is 353. The van der Waals surface area contributed by atoms with E-state index in [0.717, 1.165) is 37.6 Å². The van der Waals surface area contributed by atoms with Crippen LogP contribution in [0.5, 0.6) is 0 Å². The van der Waals surface area contributed by atoms with Gasteiger partial charge in [0, 0.05) is 13.1 Å². The van der Waals surface area contributed by atoms with Gasteiger partial charge in [-0.2, -0.15) is 5.10 Å². The first kappa shape index (κ1) is 13.5. The van der Waals surface area contributed by atoms with E-state index < -0.39 is 0 Å². The van der Waals surface area contributed by atoms with Crippen LogP contribution >= 0.6 is 0 Å². The molecule has 0 bridgehead atoms. The summed E-state index contributed by atoms with van der Waals surface area (Å²) in [6.45, 7) is 7.36. The lowest BCUT2D eigenvalue weighted by molar-refractivity contribution is 0.694. The number of aromatic nitrogens is 2. The van der Waals surface area contributed by atoms with Crippen molar-refractivity contribution in [3.05, 3.63) is 17.8 Å². The van der Waals surface area contributed by atoms with Crippen molar-refractivity contribution in [1.82, 2.24) is 15.5 Å². The average Bonchev–Trinajstić information content (AvgIpc) is 2.37. The average molecular weight is 232 g/mol. The highest BCUT2D eigenvalue weighted by Gasteiger charge is 2.06. The molecule has 4 heteroatoms. The number of terminal acetylenes is 1. The first-order valence-corrected chi connectivity index (χ1v) is 6.03. The van der Waals surface area contributed by atoms with Gasteiger partial charge in [-0.25, -0.2) is 0 Å². The normalized spacial score (nSPS) is 9.94. The molecule has 1 aromatic rings. The molecular formula is C13H20N4. The molecule has 1 rings (SSSR count). The molecule has 4 nitrogen and oxygen atoms in total. The fraction of sp³-hybridized carbons (Fsp3) is 0.538. The van der Waals surface area contributed by atoms with Crippen molar-refractivity contribution in [3.8, 4) is 12.3 Å². The van der Waals surface area contributed by atoms with Gasteiger partial charge in [-0.15, -0.1) is 11.5 Å². The van der Waals surface area contributed by atoms with Crippen molar-refractivity contribution >= 4 is 5.82 Å². The Balaban J connectivity index is 2.67. The Labute approximate surface area is 103 Å². The summed E-state index contributed by atoms with van der Waals surface area (Å²) >= 11 is 0. The highest BCUT2D eigenvalue weighted by Crippen LogP contribution is 2.09. The third-order valence-corrected chi connectivity index (χ3v) is 2.36. The van der Waals surface area contributed by atoms with Crippen molar-refractivity contribution < 1.29 is 0 Å². The molecule has 0 saturated carbocycles. The molecule has 0 aliphatic heterocycles. The summed E-state index contributed by atoms with van der Waals surface area (Å²) in [4.78, 5) is 2.06. The molecule has 1 heterocycles. The SMILES string of the molecule is C#CCN(CCC)c1ccc(CNCC)nn1. The van der Waals surface area contributed by atoms with Crippen LogP contribution in [-0.4, -0.2) is 29.8 Å². The second-order valence-electron chi connectivity index (χ2n) is 3.79. The van der Waals surface area contributed by atoms with Crippen LogP contribution in [0.3, 0.4) is 0 Å². The summed E-state index contributed by atoms with van der Waals surface area (Å²) in [6.07, 6.45) is 6.39. The molecule has 0 saturated heterocycles. The largest absolute Gasteiger partial charge is 0.344 e. The third-order valence-electron chi connectivity index (χ3n) is 2.36. The van der Waals surface area contributed by atoms with Gasteiger partial charge in [0.2, 0.25) is 0 Å². The number of hydrogen-bond acceptors (Lipinski definition) is 4. The molecular weight excluding hydrogens is 212 g/mol. The smallest absolute Gasteiger partial charge is 0.152 e. The van der Waals surface area contributed by atoms with Crippen molar-refractivity contribution in [3.63, 3.8) is 0 Å². The number of hydrogen-bond donors (Lipinski definition) is 1. The Morgan fingerprint density at radius 3 is 2.71 bits per heavy atom. The van der Waals surface area contributed by atoms with Gasteiger partial charge in [-0.05, 0) is 25.1 Å². The molecule has 0 aliphatic rings. The second kappa shape index (κ2) is 7.64. The molecule has 1 aromatic heterocycles. The number of rotatable bonds is 7. The van der Waals surface area contributed by atoms with E-state index in [1.54, 1.807) is 0 Å². The van der Waals surface area contributed by atoms with Gasteiger partial charge >= 0.3 is 0 Å². The maximum Gasteiger partial charge on any atom is 0.152 e. The first-order chi connectivity index (χ1) is 8.31. The fourth-order valence-electron chi connectivity index (χ4n) is 1.52. The zero-order valence-electron chi connectivity index (χ0n) is 10.6. The van der Waals surface area contributed by atoms with Gasteiger partial charge in [0.15, 0.2) is 5.82 Å². The molecule has 92 valence electrons. The molecule has 17 heavy (non-hydrogen) atoms. The Kier molecular flexibility index (Phi) is 6.05. The van der Waals surface area contributed by atoms with Crippen molar-refractivity contribution in [2.75, 3.05) is 24.5 Å². The van der Waals surface area contributed by atoms with Crippen LogP contribution in [0.1, 0.15) is 26.0 Å². The maximum absolute atomic E-state index is 5.34. The maximum atomic E-state index is 5.34. The first-order valence-electron chi connectivity index (χ1n) is 6.03. The van der Waals surface area contributed by atoms with Gasteiger partial charge in [0.05, 0.1) is 12.2 Å². The number of nitrogens with zero attached hydrogens (tertiary/aromatic N) is 3. The molecule has 1 N–H and O–H groups in total. The molecule has 0 spiro atoms.